The van der Waals surface area contributed by atoms with E-state index in [0.29, 0.717) is 48.2 Å². The Bertz CT molecular complexity index is 1200. The van der Waals surface area contributed by atoms with Gasteiger partial charge in [0.1, 0.15) is 5.75 Å². The van der Waals surface area contributed by atoms with Gasteiger partial charge in [0.05, 0.1) is 18.5 Å². The Hall–Kier alpha value is -3.80. The van der Waals surface area contributed by atoms with Gasteiger partial charge in [0.15, 0.2) is 0 Å². The molecule has 1 heterocycles. The third kappa shape index (κ3) is 5.65. The lowest BCUT2D eigenvalue weighted by atomic mass is 10.0. The van der Waals surface area contributed by atoms with E-state index in [-0.39, 0.29) is 11.9 Å². The summed E-state index contributed by atoms with van der Waals surface area (Å²) in [5, 5.41) is 3.01. The number of amides is 3. The molecule has 3 aromatic rings. The van der Waals surface area contributed by atoms with Gasteiger partial charge in [-0.05, 0) is 66.3 Å². The number of hydrogen-bond donors (Lipinski definition) is 1. The Morgan fingerprint density at radius 1 is 1.03 bits per heavy atom. The maximum atomic E-state index is 13.5. The standard InChI is InChI=1S/C29H33N3O3/c1-20(2)23-12-10-22(11-13-23)19-31-15-6-16-32(29(31)34)27-14-9-21(3)17-26(27)30-28(33)24-7-5-8-25(18-24)35-4/h5,7-14,17-18,20H,6,15-16,19H2,1-4H3,(H,30,33). The summed E-state index contributed by atoms with van der Waals surface area (Å²) < 4.78 is 5.25. The quantitative estimate of drug-likeness (QED) is 0.445. The molecule has 182 valence electrons. The highest BCUT2D eigenvalue weighted by atomic mass is 16.5. The Kier molecular flexibility index (Phi) is 7.39. The molecule has 0 spiro atoms. The van der Waals surface area contributed by atoms with E-state index in [0.717, 1.165) is 17.5 Å². The zero-order valence-electron chi connectivity index (χ0n) is 20.9. The molecule has 0 unspecified atom stereocenters. The minimum atomic E-state index is -0.248. The molecular formula is C29H33N3O3. The number of rotatable bonds is 7. The van der Waals surface area contributed by atoms with Gasteiger partial charge in [-0.15, -0.1) is 0 Å². The number of carbonyl (C=O) groups excluding carboxylic acids is 2. The van der Waals surface area contributed by atoms with Crippen molar-refractivity contribution in [3.8, 4) is 5.75 Å². The minimum Gasteiger partial charge on any atom is -0.497 e. The Morgan fingerprint density at radius 2 is 1.80 bits per heavy atom. The lowest BCUT2D eigenvalue weighted by Crippen LogP contribution is -2.49. The number of methoxy groups -OCH3 is 1. The lowest BCUT2D eigenvalue weighted by molar-refractivity contribution is 0.102. The van der Waals surface area contributed by atoms with Crippen LogP contribution in [-0.2, 0) is 6.54 Å². The van der Waals surface area contributed by atoms with Crippen molar-refractivity contribution in [2.45, 2.75) is 39.7 Å². The first-order chi connectivity index (χ1) is 16.9. The van der Waals surface area contributed by atoms with Crippen LogP contribution in [0.25, 0.3) is 0 Å². The van der Waals surface area contributed by atoms with Crippen molar-refractivity contribution in [3.63, 3.8) is 0 Å². The van der Waals surface area contributed by atoms with Crippen LogP contribution < -0.4 is 15.0 Å². The largest absolute Gasteiger partial charge is 0.497 e. The zero-order valence-corrected chi connectivity index (χ0v) is 20.9. The maximum Gasteiger partial charge on any atom is 0.324 e. The molecule has 0 atom stereocenters. The molecule has 35 heavy (non-hydrogen) atoms. The monoisotopic (exact) mass is 471 g/mol. The van der Waals surface area contributed by atoms with Crippen LogP contribution in [0.1, 0.15) is 53.2 Å². The molecule has 6 nitrogen and oxygen atoms in total. The van der Waals surface area contributed by atoms with Crippen LogP contribution in [0.15, 0.2) is 66.7 Å². The molecule has 4 rings (SSSR count). The topological polar surface area (TPSA) is 61.9 Å². The number of ether oxygens (including phenoxy) is 1. The van der Waals surface area contributed by atoms with Crippen molar-refractivity contribution in [2.75, 3.05) is 30.4 Å². The van der Waals surface area contributed by atoms with Gasteiger partial charge in [-0.3, -0.25) is 9.69 Å². The summed E-state index contributed by atoms with van der Waals surface area (Å²) in [6.07, 6.45) is 0.854. The molecule has 3 amide bonds. The molecule has 3 aromatic carbocycles. The molecule has 1 fully saturated rings. The van der Waals surface area contributed by atoms with Gasteiger partial charge in [0.2, 0.25) is 0 Å². The van der Waals surface area contributed by atoms with Crippen LogP contribution in [0.5, 0.6) is 5.75 Å². The summed E-state index contributed by atoms with van der Waals surface area (Å²) in [5.41, 5.74) is 5.22. The van der Waals surface area contributed by atoms with E-state index in [2.05, 4.69) is 43.4 Å². The Balaban J connectivity index is 1.54. The van der Waals surface area contributed by atoms with Crippen LogP contribution in [-0.4, -0.2) is 37.0 Å². The number of urea groups is 1. The second-order valence-electron chi connectivity index (χ2n) is 9.31. The summed E-state index contributed by atoms with van der Waals surface area (Å²) in [7, 11) is 1.57. The Morgan fingerprint density at radius 3 is 2.51 bits per heavy atom. The van der Waals surface area contributed by atoms with Gasteiger partial charge >= 0.3 is 6.03 Å². The van der Waals surface area contributed by atoms with Crippen molar-refractivity contribution in [1.82, 2.24) is 4.90 Å². The molecule has 0 saturated carbocycles. The molecule has 0 bridgehead atoms. The summed E-state index contributed by atoms with van der Waals surface area (Å²) >= 11 is 0. The van der Waals surface area contributed by atoms with Crippen LogP contribution in [0.3, 0.4) is 0 Å². The summed E-state index contributed by atoms with van der Waals surface area (Å²) in [6.45, 7) is 8.19. The van der Waals surface area contributed by atoms with E-state index in [1.54, 1.807) is 36.3 Å². The van der Waals surface area contributed by atoms with Gasteiger partial charge in [0.25, 0.3) is 5.91 Å². The van der Waals surface area contributed by atoms with Crippen molar-refractivity contribution in [3.05, 3.63) is 89.0 Å². The van der Waals surface area contributed by atoms with Gasteiger partial charge in [-0.25, -0.2) is 4.79 Å². The van der Waals surface area contributed by atoms with Crippen molar-refractivity contribution in [2.24, 2.45) is 0 Å². The highest BCUT2D eigenvalue weighted by Gasteiger charge is 2.29. The highest BCUT2D eigenvalue weighted by Crippen LogP contribution is 2.31. The number of nitrogens with zero attached hydrogens (tertiary/aromatic N) is 2. The summed E-state index contributed by atoms with van der Waals surface area (Å²) in [5.74, 6) is 0.844. The second kappa shape index (κ2) is 10.6. The van der Waals surface area contributed by atoms with Crippen molar-refractivity contribution >= 4 is 23.3 Å². The third-order valence-electron chi connectivity index (χ3n) is 6.35. The minimum absolute atomic E-state index is 0.0510. The van der Waals surface area contributed by atoms with E-state index in [1.165, 1.54) is 5.56 Å². The maximum absolute atomic E-state index is 13.5. The van der Waals surface area contributed by atoms with Gasteiger partial charge in [-0.1, -0.05) is 50.2 Å². The molecule has 1 aliphatic heterocycles. The van der Waals surface area contributed by atoms with E-state index in [4.69, 9.17) is 4.74 Å². The number of hydrogen-bond acceptors (Lipinski definition) is 3. The predicted molar refractivity (Wildman–Crippen MR) is 140 cm³/mol. The first-order valence-electron chi connectivity index (χ1n) is 12.1. The molecule has 6 heteroatoms. The molecule has 1 saturated heterocycles. The van der Waals surface area contributed by atoms with Gasteiger partial charge in [-0.2, -0.15) is 0 Å². The zero-order chi connectivity index (χ0) is 24.9. The lowest BCUT2D eigenvalue weighted by Gasteiger charge is -2.36. The molecule has 1 aliphatic rings. The molecular weight excluding hydrogens is 438 g/mol. The van der Waals surface area contributed by atoms with Crippen LogP contribution >= 0.6 is 0 Å². The average molecular weight is 472 g/mol. The van der Waals surface area contributed by atoms with Crippen molar-refractivity contribution in [1.29, 1.82) is 0 Å². The third-order valence-corrected chi connectivity index (χ3v) is 6.35. The van der Waals surface area contributed by atoms with Crippen LogP contribution in [0, 0.1) is 6.92 Å². The van der Waals surface area contributed by atoms with E-state index in [1.807, 2.05) is 30.0 Å². The number of anilines is 2. The number of carbonyl (C=O) groups is 2. The summed E-state index contributed by atoms with van der Waals surface area (Å²) in [6, 6.07) is 21.2. The SMILES string of the molecule is COc1cccc(C(=O)Nc2cc(C)ccc2N2CCCN(Cc3ccc(C(C)C)cc3)C2=O)c1. The normalized spacial score (nSPS) is 13.8. The van der Waals surface area contributed by atoms with E-state index in [9.17, 15) is 9.59 Å². The summed E-state index contributed by atoms with van der Waals surface area (Å²) in [4.78, 5) is 30.2. The van der Waals surface area contributed by atoms with Crippen LogP contribution in [0.2, 0.25) is 0 Å². The predicted octanol–water partition coefficient (Wildman–Crippen LogP) is 6.21. The number of benzene rings is 3. The first kappa shape index (κ1) is 24.3. The number of nitrogens with one attached hydrogen (secondary N) is 1. The Labute approximate surface area is 207 Å². The highest BCUT2D eigenvalue weighted by molar-refractivity contribution is 6.08. The fourth-order valence-electron chi connectivity index (χ4n) is 4.32. The van der Waals surface area contributed by atoms with E-state index >= 15 is 0 Å². The second-order valence-corrected chi connectivity index (χ2v) is 9.31. The molecule has 0 radical (unpaired) electrons. The fourth-order valence-corrected chi connectivity index (χ4v) is 4.32. The molecule has 1 N–H and O–H groups in total. The molecule has 0 aromatic heterocycles. The fraction of sp³-hybridized carbons (Fsp3) is 0.310. The first-order valence-corrected chi connectivity index (χ1v) is 12.1. The average Bonchev–Trinajstić information content (AvgIpc) is 2.86. The van der Waals surface area contributed by atoms with Crippen molar-refractivity contribution < 1.29 is 14.3 Å². The van der Waals surface area contributed by atoms with Crippen LogP contribution in [0.4, 0.5) is 16.2 Å². The smallest absolute Gasteiger partial charge is 0.324 e. The van der Waals surface area contributed by atoms with Gasteiger partial charge < -0.3 is 15.0 Å². The number of aryl methyl sites for hydroxylation is 1. The molecule has 0 aliphatic carbocycles. The van der Waals surface area contributed by atoms with E-state index < -0.39 is 0 Å². The van der Waals surface area contributed by atoms with Gasteiger partial charge in [0, 0.05) is 25.2 Å².